The fourth-order valence-electron chi connectivity index (χ4n) is 2.46. The van der Waals surface area contributed by atoms with Crippen molar-refractivity contribution < 1.29 is 19.0 Å². The number of aliphatic hydroxyl groups excluding tert-OH is 1. The molecule has 0 unspecified atom stereocenters. The Kier molecular flexibility index (Phi) is 4.44. The highest BCUT2D eigenvalue weighted by Gasteiger charge is 2.23. The average Bonchev–Trinajstić information content (AvgIpc) is 2.47. The van der Waals surface area contributed by atoms with Gasteiger partial charge in [0.25, 0.3) is 0 Å². The summed E-state index contributed by atoms with van der Waals surface area (Å²) in [6, 6.07) is 2.59. The second kappa shape index (κ2) is 6.09. The maximum absolute atomic E-state index is 14.0. The molecular formula is C14H19FN2O3. The molecular weight excluding hydrogens is 263 g/mol. The normalized spacial score (nSPS) is 16.2. The van der Waals surface area contributed by atoms with Gasteiger partial charge in [0, 0.05) is 25.4 Å². The number of benzene rings is 1. The number of aliphatic hydroxyl groups is 1. The number of anilines is 2. The number of ether oxygens (including phenoxy) is 1. The predicted molar refractivity (Wildman–Crippen MR) is 74.2 cm³/mol. The van der Waals surface area contributed by atoms with E-state index in [1.807, 2.05) is 4.90 Å². The van der Waals surface area contributed by atoms with Gasteiger partial charge in [0.15, 0.2) is 0 Å². The maximum atomic E-state index is 14.0. The van der Waals surface area contributed by atoms with E-state index in [9.17, 15) is 9.18 Å². The second-order valence-electron chi connectivity index (χ2n) is 5.00. The van der Waals surface area contributed by atoms with Gasteiger partial charge in [-0.05, 0) is 30.9 Å². The molecule has 1 heterocycles. The Hall–Kier alpha value is -1.82. The van der Waals surface area contributed by atoms with Crippen molar-refractivity contribution in [1.29, 1.82) is 0 Å². The fourth-order valence-corrected chi connectivity index (χ4v) is 2.46. The summed E-state index contributed by atoms with van der Waals surface area (Å²) < 4.78 is 18.7. The van der Waals surface area contributed by atoms with Gasteiger partial charge in [0.05, 0.1) is 18.4 Å². The number of hydrogen-bond donors (Lipinski definition) is 2. The number of nitrogens with zero attached hydrogens (tertiary/aromatic N) is 1. The Balaban J connectivity index is 2.25. The SMILES string of the molecule is COC(=O)c1cc(N2CCC(CO)CC2)c(F)cc1N. The lowest BCUT2D eigenvalue weighted by Gasteiger charge is -2.33. The zero-order chi connectivity index (χ0) is 14.7. The summed E-state index contributed by atoms with van der Waals surface area (Å²) >= 11 is 0. The number of esters is 1. The Morgan fingerprint density at radius 1 is 1.50 bits per heavy atom. The molecule has 1 saturated heterocycles. The molecule has 1 aromatic carbocycles. The summed E-state index contributed by atoms with van der Waals surface area (Å²) in [5.74, 6) is -0.755. The summed E-state index contributed by atoms with van der Waals surface area (Å²) in [7, 11) is 1.26. The minimum atomic E-state index is -0.575. The largest absolute Gasteiger partial charge is 0.465 e. The van der Waals surface area contributed by atoms with Crippen LogP contribution in [0.1, 0.15) is 23.2 Å². The Labute approximate surface area is 117 Å². The Morgan fingerprint density at radius 2 is 2.15 bits per heavy atom. The van der Waals surface area contributed by atoms with Gasteiger partial charge in [-0.3, -0.25) is 0 Å². The van der Waals surface area contributed by atoms with Crippen molar-refractivity contribution in [3.63, 3.8) is 0 Å². The lowest BCUT2D eigenvalue weighted by molar-refractivity contribution is 0.0602. The minimum Gasteiger partial charge on any atom is -0.465 e. The smallest absolute Gasteiger partial charge is 0.340 e. The molecule has 6 heteroatoms. The highest BCUT2D eigenvalue weighted by atomic mass is 19.1. The summed E-state index contributed by atoms with van der Waals surface area (Å²) in [5.41, 5.74) is 6.25. The molecule has 0 bridgehead atoms. The Bertz CT molecular complexity index is 499. The third-order valence-corrected chi connectivity index (χ3v) is 3.74. The van der Waals surface area contributed by atoms with Crippen LogP contribution in [0.25, 0.3) is 0 Å². The number of piperidine rings is 1. The lowest BCUT2D eigenvalue weighted by atomic mass is 9.97. The average molecular weight is 282 g/mol. The van der Waals surface area contributed by atoms with Crippen LogP contribution in [0, 0.1) is 11.7 Å². The molecule has 0 aliphatic carbocycles. The van der Waals surface area contributed by atoms with Crippen molar-refractivity contribution in [3.05, 3.63) is 23.5 Å². The zero-order valence-corrected chi connectivity index (χ0v) is 11.4. The third kappa shape index (κ3) is 2.85. The van der Waals surface area contributed by atoms with E-state index in [-0.39, 0.29) is 23.8 Å². The van der Waals surface area contributed by atoms with Crippen LogP contribution >= 0.6 is 0 Å². The van der Waals surface area contributed by atoms with Crippen molar-refractivity contribution >= 4 is 17.3 Å². The van der Waals surface area contributed by atoms with Crippen LogP contribution in [0.4, 0.5) is 15.8 Å². The van der Waals surface area contributed by atoms with Crippen LogP contribution in [-0.4, -0.2) is 37.9 Å². The predicted octanol–water partition coefficient (Wildman–Crippen LogP) is 1.40. The molecule has 0 aromatic heterocycles. The van der Waals surface area contributed by atoms with Crippen LogP contribution in [-0.2, 0) is 4.74 Å². The first-order valence-corrected chi connectivity index (χ1v) is 6.60. The fraction of sp³-hybridized carbons (Fsp3) is 0.500. The number of rotatable bonds is 3. The third-order valence-electron chi connectivity index (χ3n) is 3.74. The van der Waals surface area contributed by atoms with Gasteiger partial charge in [-0.2, -0.15) is 0 Å². The van der Waals surface area contributed by atoms with Crippen LogP contribution in [0.2, 0.25) is 0 Å². The van der Waals surface area contributed by atoms with E-state index in [0.717, 1.165) is 18.9 Å². The summed E-state index contributed by atoms with van der Waals surface area (Å²) in [6.45, 7) is 1.45. The van der Waals surface area contributed by atoms with E-state index in [0.29, 0.717) is 18.8 Å². The number of methoxy groups -OCH3 is 1. The molecule has 1 fully saturated rings. The standard InChI is InChI=1S/C14H19FN2O3/c1-20-14(19)10-6-13(11(15)7-12(10)16)17-4-2-9(8-18)3-5-17/h6-7,9,18H,2-5,8,16H2,1H3. The van der Waals surface area contributed by atoms with Crippen LogP contribution < -0.4 is 10.6 Å². The van der Waals surface area contributed by atoms with Gasteiger partial charge in [0.1, 0.15) is 5.82 Å². The quantitative estimate of drug-likeness (QED) is 0.647. The number of carbonyl (C=O) groups is 1. The monoisotopic (exact) mass is 282 g/mol. The number of hydrogen-bond acceptors (Lipinski definition) is 5. The van der Waals surface area contributed by atoms with E-state index in [4.69, 9.17) is 10.8 Å². The van der Waals surface area contributed by atoms with Gasteiger partial charge in [-0.15, -0.1) is 0 Å². The Morgan fingerprint density at radius 3 is 2.70 bits per heavy atom. The van der Waals surface area contributed by atoms with Crippen LogP contribution in [0.3, 0.4) is 0 Å². The second-order valence-corrected chi connectivity index (χ2v) is 5.00. The van der Waals surface area contributed by atoms with Crippen molar-refractivity contribution in [2.45, 2.75) is 12.8 Å². The molecule has 0 saturated carbocycles. The van der Waals surface area contributed by atoms with Gasteiger partial charge in [-0.1, -0.05) is 0 Å². The first kappa shape index (κ1) is 14.6. The number of halogens is 1. The molecule has 20 heavy (non-hydrogen) atoms. The molecule has 0 atom stereocenters. The highest BCUT2D eigenvalue weighted by molar-refractivity contribution is 5.96. The van der Waals surface area contributed by atoms with E-state index in [2.05, 4.69) is 4.74 Å². The molecule has 0 radical (unpaired) electrons. The molecule has 5 nitrogen and oxygen atoms in total. The van der Waals surface area contributed by atoms with Crippen LogP contribution in [0.5, 0.6) is 0 Å². The van der Waals surface area contributed by atoms with Gasteiger partial charge in [0.2, 0.25) is 0 Å². The molecule has 3 N–H and O–H groups in total. The summed E-state index contributed by atoms with van der Waals surface area (Å²) in [4.78, 5) is 13.5. The molecule has 2 rings (SSSR count). The van der Waals surface area contributed by atoms with Crippen molar-refractivity contribution in [1.82, 2.24) is 0 Å². The van der Waals surface area contributed by atoms with Crippen LogP contribution in [0.15, 0.2) is 12.1 Å². The topological polar surface area (TPSA) is 75.8 Å². The van der Waals surface area contributed by atoms with Gasteiger partial charge >= 0.3 is 5.97 Å². The lowest BCUT2D eigenvalue weighted by Crippen LogP contribution is -2.35. The van der Waals surface area contributed by atoms with E-state index >= 15 is 0 Å². The number of nitrogen functional groups attached to an aromatic ring is 1. The van der Waals surface area contributed by atoms with Crippen molar-refractivity contribution in [2.75, 3.05) is 37.4 Å². The summed E-state index contributed by atoms with van der Waals surface area (Å²) in [6.07, 6.45) is 1.60. The molecule has 1 aliphatic rings. The molecule has 0 amide bonds. The van der Waals surface area contributed by atoms with Gasteiger partial charge in [-0.25, -0.2) is 9.18 Å². The van der Waals surface area contributed by atoms with Crippen molar-refractivity contribution in [2.24, 2.45) is 5.92 Å². The number of nitrogens with two attached hydrogens (primary N) is 1. The zero-order valence-electron chi connectivity index (χ0n) is 11.4. The minimum absolute atomic E-state index is 0.0725. The van der Waals surface area contributed by atoms with E-state index in [1.54, 1.807) is 0 Å². The summed E-state index contributed by atoms with van der Waals surface area (Å²) in [5, 5.41) is 9.12. The maximum Gasteiger partial charge on any atom is 0.340 e. The first-order valence-electron chi connectivity index (χ1n) is 6.60. The molecule has 110 valence electrons. The van der Waals surface area contributed by atoms with E-state index < -0.39 is 11.8 Å². The molecule has 1 aliphatic heterocycles. The van der Waals surface area contributed by atoms with Gasteiger partial charge < -0.3 is 20.5 Å². The molecule has 1 aromatic rings. The molecule has 0 spiro atoms. The number of carbonyl (C=O) groups excluding carboxylic acids is 1. The van der Waals surface area contributed by atoms with Crippen molar-refractivity contribution in [3.8, 4) is 0 Å². The van der Waals surface area contributed by atoms with E-state index in [1.165, 1.54) is 13.2 Å². The highest BCUT2D eigenvalue weighted by Crippen LogP contribution is 2.29. The first-order chi connectivity index (χ1) is 9.56.